The van der Waals surface area contributed by atoms with Gasteiger partial charge in [-0.05, 0) is 99.2 Å². The lowest BCUT2D eigenvalue weighted by Crippen LogP contribution is -2.51. The number of aromatic hydroxyl groups is 1. The van der Waals surface area contributed by atoms with Crippen molar-refractivity contribution in [2.75, 3.05) is 88.4 Å². The summed E-state index contributed by atoms with van der Waals surface area (Å²) in [7, 11) is 0. The molecule has 2 unspecified atom stereocenters. The van der Waals surface area contributed by atoms with E-state index in [2.05, 4.69) is 36.2 Å². The fourth-order valence-corrected chi connectivity index (χ4v) is 11.9. The van der Waals surface area contributed by atoms with Crippen molar-refractivity contribution in [2.45, 2.75) is 76.3 Å². The van der Waals surface area contributed by atoms with Crippen LogP contribution < -0.4 is 25.2 Å². The van der Waals surface area contributed by atoms with Crippen LogP contribution in [-0.2, 0) is 4.79 Å². The maximum atomic E-state index is 17.1. The van der Waals surface area contributed by atoms with Crippen molar-refractivity contribution in [1.29, 1.82) is 0 Å². The third-order valence-corrected chi connectivity index (χ3v) is 16.2. The van der Waals surface area contributed by atoms with E-state index in [1.54, 1.807) is 24.4 Å². The van der Waals surface area contributed by atoms with Gasteiger partial charge >= 0.3 is 12.0 Å². The van der Waals surface area contributed by atoms with Gasteiger partial charge in [-0.15, -0.1) is 6.42 Å². The zero-order valence-corrected chi connectivity index (χ0v) is 41.0. The van der Waals surface area contributed by atoms with Crippen LogP contribution in [0.25, 0.3) is 32.9 Å². The number of hydrogen-bond acceptors (Lipinski definition) is 12. The number of phenolic OH excluding ortho intramolecular Hbond substituents is 1. The Morgan fingerprint density at radius 3 is 2.43 bits per heavy atom. The maximum Gasteiger partial charge on any atom is 0.328 e. The van der Waals surface area contributed by atoms with E-state index in [-0.39, 0.29) is 69.7 Å². The van der Waals surface area contributed by atoms with Gasteiger partial charge in [0.2, 0.25) is 5.91 Å². The Morgan fingerprint density at radius 1 is 0.931 bits per heavy atom. The second kappa shape index (κ2) is 20.0. The lowest BCUT2D eigenvalue weighted by atomic mass is 9.91. The number of piperazine rings is 2. The van der Waals surface area contributed by atoms with E-state index in [0.717, 1.165) is 97.1 Å². The summed E-state index contributed by atoms with van der Waals surface area (Å²) in [6.07, 6.45) is 17.0. The summed E-state index contributed by atoms with van der Waals surface area (Å²) in [5.41, 5.74) is 0.931. The number of rotatable bonds is 14. The average molecular weight is 1000 g/mol. The molecule has 6 fully saturated rings. The molecule has 5 aliphatic heterocycles. The van der Waals surface area contributed by atoms with Gasteiger partial charge in [-0.25, -0.2) is 13.6 Å². The van der Waals surface area contributed by atoms with E-state index < -0.39 is 17.7 Å². The van der Waals surface area contributed by atoms with E-state index in [1.165, 1.54) is 29.2 Å². The van der Waals surface area contributed by atoms with Gasteiger partial charge in [0.1, 0.15) is 28.6 Å². The maximum absolute atomic E-state index is 17.1. The standard InChI is InChI=1S/C54H59ClF2N10O5/c1-2-39-43(56)11-7-34-25-38(68)27-40(46(34)39)48-47(57)49-41(28-58-48)50(66-29-36-8-9-37(30-66)59-36)62-52(61-49)72-32-54(15-16-54)31-64-23-21-63(22-24-64)17-4-3-5-33-12-18-65(19-13-33)51(70)35-6-10-42(55)44(26-35)67-20-14-45(69)60-53(67)71/h1,6-7,10-11,25-28,33,36-37,59,68H,3-5,8-9,12-24,29-32H2,(H,60,69,71). The molecule has 3 aromatic carbocycles. The molecule has 3 N–H and O–H groups in total. The highest BCUT2D eigenvalue weighted by Gasteiger charge is 2.45. The number of urea groups is 1. The number of unbranched alkanes of at least 4 members (excludes halogenated alkanes) is 1. The van der Waals surface area contributed by atoms with Crippen LogP contribution in [0.3, 0.4) is 0 Å². The van der Waals surface area contributed by atoms with Crippen LogP contribution >= 0.6 is 11.6 Å². The van der Waals surface area contributed by atoms with E-state index in [0.29, 0.717) is 83.7 Å². The lowest BCUT2D eigenvalue weighted by molar-refractivity contribution is -0.120. The van der Waals surface area contributed by atoms with E-state index >= 15 is 8.78 Å². The van der Waals surface area contributed by atoms with Crippen LogP contribution in [0.1, 0.15) is 80.1 Å². The summed E-state index contributed by atoms with van der Waals surface area (Å²) in [6, 6.07) is 10.7. The molecule has 2 atom stereocenters. The second-order valence-electron chi connectivity index (χ2n) is 20.8. The van der Waals surface area contributed by atoms with Gasteiger partial charge in [0.15, 0.2) is 5.82 Å². The minimum atomic E-state index is -0.731. The molecule has 72 heavy (non-hydrogen) atoms. The number of ether oxygens (including phenoxy) is 1. The number of piperidine rings is 1. The molecule has 5 aromatic rings. The Labute approximate surface area is 422 Å². The monoisotopic (exact) mass is 1000 g/mol. The molecule has 15 nitrogen and oxygen atoms in total. The summed E-state index contributed by atoms with van der Waals surface area (Å²) in [5.74, 6) is 1.67. The molecule has 18 heteroatoms. The quantitative estimate of drug-likeness (QED) is 0.0752. The molecule has 0 radical (unpaired) electrons. The van der Waals surface area contributed by atoms with Gasteiger partial charge in [-0.3, -0.25) is 24.8 Å². The number of benzene rings is 3. The first-order chi connectivity index (χ1) is 34.9. The molecule has 6 aliphatic rings. The predicted molar refractivity (Wildman–Crippen MR) is 271 cm³/mol. The Kier molecular flexibility index (Phi) is 13.4. The number of pyridine rings is 1. The molecule has 5 saturated heterocycles. The Balaban J connectivity index is 0.677. The number of likely N-dealkylation sites (tertiary alicyclic amines) is 1. The number of terminal acetylenes is 1. The first-order valence-electron chi connectivity index (χ1n) is 25.5. The number of anilines is 2. The fourth-order valence-electron chi connectivity index (χ4n) is 11.6. The minimum absolute atomic E-state index is 0.0394. The third-order valence-electron chi connectivity index (χ3n) is 15.9. The molecule has 376 valence electrons. The molecular formula is C54H59ClF2N10O5. The Morgan fingerprint density at radius 2 is 1.69 bits per heavy atom. The van der Waals surface area contributed by atoms with Crippen LogP contribution in [0, 0.1) is 35.3 Å². The third kappa shape index (κ3) is 9.86. The molecule has 0 spiro atoms. The first-order valence-corrected chi connectivity index (χ1v) is 25.9. The second-order valence-corrected chi connectivity index (χ2v) is 21.2. The predicted octanol–water partition coefficient (Wildman–Crippen LogP) is 7.35. The zero-order valence-electron chi connectivity index (χ0n) is 40.3. The van der Waals surface area contributed by atoms with Crippen LogP contribution in [0.5, 0.6) is 11.8 Å². The summed E-state index contributed by atoms with van der Waals surface area (Å²) in [5, 5.41) is 18.2. The van der Waals surface area contributed by atoms with Crippen molar-refractivity contribution >= 4 is 62.6 Å². The number of carbonyl (C=O) groups is 3. The van der Waals surface area contributed by atoms with Crippen LogP contribution in [0.15, 0.2) is 48.7 Å². The van der Waals surface area contributed by atoms with Crippen LogP contribution in [-0.4, -0.2) is 143 Å². The number of amides is 4. The fraction of sp³-hybridized carbons (Fsp3) is 0.481. The number of carbonyl (C=O) groups excluding carboxylic acids is 3. The van der Waals surface area contributed by atoms with Gasteiger partial charge in [-0.1, -0.05) is 36.4 Å². The van der Waals surface area contributed by atoms with E-state index in [4.69, 9.17) is 32.7 Å². The zero-order chi connectivity index (χ0) is 49.7. The normalized spacial score (nSPS) is 21.6. The van der Waals surface area contributed by atoms with Crippen molar-refractivity contribution in [3.05, 3.63) is 76.4 Å². The molecule has 1 aliphatic carbocycles. The van der Waals surface area contributed by atoms with Gasteiger partial charge in [-0.2, -0.15) is 9.97 Å². The van der Waals surface area contributed by atoms with E-state index in [9.17, 15) is 19.5 Å². The summed E-state index contributed by atoms with van der Waals surface area (Å²) in [6.45, 7) is 9.36. The number of imide groups is 1. The van der Waals surface area contributed by atoms with Crippen molar-refractivity contribution in [3.8, 4) is 35.4 Å². The Bertz CT molecular complexity index is 2980. The number of nitrogens with one attached hydrogen (secondary N) is 2. The summed E-state index contributed by atoms with van der Waals surface area (Å²) < 4.78 is 38.6. The average Bonchev–Trinajstić information content (AvgIpc) is 4.07. The highest BCUT2D eigenvalue weighted by Crippen LogP contribution is 2.47. The first kappa shape index (κ1) is 48.1. The molecule has 1 saturated carbocycles. The molecule has 4 amide bonds. The van der Waals surface area contributed by atoms with Crippen molar-refractivity contribution < 1.29 is 33.0 Å². The highest BCUT2D eigenvalue weighted by molar-refractivity contribution is 6.34. The topological polar surface area (TPSA) is 160 Å². The van der Waals surface area contributed by atoms with Crippen LogP contribution in [0.2, 0.25) is 5.02 Å². The minimum Gasteiger partial charge on any atom is -0.508 e. The molecule has 7 heterocycles. The van der Waals surface area contributed by atoms with Gasteiger partial charge in [0.05, 0.1) is 28.3 Å². The van der Waals surface area contributed by atoms with Crippen molar-refractivity contribution in [1.82, 2.24) is 40.3 Å². The number of phenols is 1. The van der Waals surface area contributed by atoms with Gasteiger partial charge in [0, 0.05) is 112 Å². The Hall–Kier alpha value is -6.19. The number of aromatic nitrogens is 3. The molecular weight excluding hydrogens is 942 g/mol. The number of fused-ring (bicyclic) bond motifs is 4. The molecule has 2 aromatic heterocycles. The van der Waals surface area contributed by atoms with Crippen LogP contribution in [0.4, 0.5) is 25.1 Å². The molecule has 11 rings (SSSR count). The SMILES string of the molecule is C#Cc1c(F)ccc2cc(O)cc(-c3ncc4c(N5CC6CCC(C5)N6)nc(OCC5(CN6CCN(CCCCC7CCN(C(=O)c8ccc(Cl)c(N9CCC(=O)NC9=O)c8)CC7)CC6)CC5)nc4c3F)c12. The smallest absolute Gasteiger partial charge is 0.328 e. The van der Waals surface area contributed by atoms with Crippen molar-refractivity contribution in [3.63, 3.8) is 0 Å². The molecule has 2 bridgehead atoms. The lowest BCUT2D eigenvalue weighted by Gasteiger charge is -2.37. The number of nitrogens with zero attached hydrogens (tertiary/aromatic N) is 8. The largest absolute Gasteiger partial charge is 0.508 e. The highest BCUT2D eigenvalue weighted by atomic mass is 35.5. The van der Waals surface area contributed by atoms with Gasteiger partial charge in [0.25, 0.3) is 5.91 Å². The van der Waals surface area contributed by atoms with Crippen molar-refractivity contribution in [2.24, 2.45) is 11.3 Å². The van der Waals surface area contributed by atoms with Gasteiger partial charge < -0.3 is 34.8 Å². The number of hydrogen-bond donors (Lipinski definition) is 3. The van der Waals surface area contributed by atoms with E-state index in [1.807, 2.05) is 4.90 Å². The number of halogens is 3. The summed E-state index contributed by atoms with van der Waals surface area (Å²) in [4.78, 5) is 62.4. The summed E-state index contributed by atoms with van der Waals surface area (Å²) >= 11 is 6.42.